The molecule has 1 saturated heterocycles. The summed E-state index contributed by atoms with van der Waals surface area (Å²) in [6.45, 7) is 4.17. The number of nitrogens with one attached hydrogen (secondary N) is 2. The molecule has 0 radical (unpaired) electrons. The standard InChI is InChI=1S/C29H28ClFN8O2/c1-16-7-9-17(10-8-16)15-39-23-22(19-11-20(30)14-33-13-19)34-25(26-37-28(40)41-38-26)35-24(23)36-27(39)29(2,31)21-6-4-3-5-18(21)12-32/h3-6,11,13-14,16-17,26,38H,7-10,15H2,1-2H3,(H,37,40). The maximum Gasteiger partial charge on any atom is 0.427 e. The van der Waals surface area contributed by atoms with Crippen molar-refractivity contribution in [1.82, 2.24) is 35.3 Å². The fourth-order valence-corrected chi connectivity index (χ4v) is 5.92. The Morgan fingerprint density at radius 1 is 1.20 bits per heavy atom. The molecule has 1 aliphatic heterocycles. The summed E-state index contributed by atoms with van der Waals surface area (Å²) in [5.41, 5.74) is 2.66. The van der Waals surface area contributed by atoms with E-state index in [4.69, 9.17) is 26.4 Å². The molecule has 2 aliphatic rings. The normalized spacial score (nSPS) is 22.1. The summed E-state index contributed by atoms with van der Waals surface area (Å²) in [5.74, 6) is 1.24. The van der Waals surface area contributed by atoms with Gasteiger partial charge in [-0.2, -0.15) is 5.26 Å². The second-order valence-corrected chi connectivity index (χ2v) is 11.3. The highest BCUT2D eigenvalue weighted by molar-refractivity contribution is 6.30. The molecule has 1 amide bonds. The van der Waals surface area contributed by atoms with Gasteiger partial charge in [-0.05, 0) is 43.7 Å². The average molecular weight is 575 g/mol. The van der Waals surface area contributed by atoms with Gasteiger partial charge in [-0.3, -0.25) is 10.3 Å². The van der Waals surface area contributed by atoms with E-state index in [1.165, 1.54) is 13.1 Å². The number of hydroxylamine groups is 1. The van der Waals surface area contributed by atoms with Crippen LogP contribution in [0, 0.1) is 23.2 Å². The number of hydrogen-bond acceptors (Lipinski definition) is 8. The third-order valence-corrected chi connectivity index (χ3v) is 8.14. The molecule has 210 valence electrons. The monoisotopic (exact) mass is 574 g/mol. The predicted molar refractivity (Wildman–Crippen MR) is 149 cm³/mol. The second kappa shape index (κ2) is 10.7. The number of nitrogens with zero attached hydrogens (tertiary/aromatic N) is 6. The van der Waals surface area contributed by atoms with E-state index in [9.17, 15) is 10.1 Å². The summed E-state index contributed by atoms with van der Waals surface area (Å²) in [4.78, 5) is 35.1. The van der Waals surface area contributed by atoms with Crippen LogP contribution in [0.15, 0.2) is 42.7 Å². The van der Waals surface area contributed by atoms with Crippen LogP contribution in [0.5, 0.6) is 0 Å². The van der Waals surface area contributed by atoms with Crippen LogP contribution in [0.4, 0.5) is 9.18 Å². The van der Waals surface area contributed by atoms with Gasteiger partial charge in [0.25, 0.3) is 0 Å². The zero-order chi connectivity index (χ0) is 28.7. The summed E-state index contributed by atoms with van der Waals surface area (Å²) in [6.07, 6.45) is 5.80. The number of imidazole rings is 1. The first-order valence-corrected chi connectivity index (χ1v) is 13.9. The van der Waals surface area contributed by atoms with E-state index in [2.05, 4.69) is 33.8 Å². The Morgan fingerprint density at radius 2 is 1.98 bits per heavy atom. The zero-order valence-electron chi connectivity index (χ0n) is 22.6. The van der Waals surface area contributed by atoms with Crippen LogP contribution in [0.2, 0.25) is 5.02 Å². The number of aromatic nitrogens is 5. The topological polar surface area (TPSA) is 131 Å². The number of hydrogen-bond donors (Lipinski definition) is 2. The molecule has 12 heteroatoms. The first-order valence-electron chi connectivity index (χ1n) is 13.6. The molecule has 0 bridgehead atoms. The number of alkyl halides is 1. The fourth-order valence-electron chi connectivity index (χ4n) is 5.75. The first-order chi connectivity index (χ1) is 19.7. The maximum atomic E-state index is 17.2. The molecule has 2 fully saturated rings. The van der Waals surface area contributed by atoms with Crippen LogP contribution in [0.25, 0.3) is 22.4 Å². The Morgan fingerprint density at radius 3 is 2.68 bits per heavy atom. The third kappa shape index (κ3) is 5.09. The first kappa shape index (κ1) is 27.1. The van der Waals surface area contributed by atoms with E-state index in [1.807, 2.05) is 4.57 Å². The van der Waals surface area contributed by atoms with Gasteiger partial charge in [-0.1, -0.05) is 49.6 Å². The summed E-state index contributed by atoms with van der Waals surface area (Å²) in [6, 6.07) is 10.5. The van der Waals surface area contributed by atoms with Crippen molar-refractivity contribution in [2.75, 3.05) is 0 Å². The average Bonchev–Trinajstić information content (AvgIpc) is 3.57. The van der Waals surface area contributed by atoms with Crippen LogP contribution in [-0.4, -0.2) is 30.6 Å². The Kier molecular flexibility index (Phi) is 7.05. The van der Waals surface area contributed by atoms with E-state index in [0.717, 1.165) is 25.7 Å². The number of halogens is 2. The highest BCUT2D eigenvalue weighted by Crippen LogP contribution is 2.40. The Balaban J connectivity index is 1.61. The second-order valence-electron chi connectivity index (χ2n) is 10.9. The Labute approximate surface area is 240 Å². The van der Waals surface area contributed by atoms with Crippen LogP contribution < -0.4 is 10.8 Å². The Hall–Kier alpha value is -4.14. The highest BCUT2D eigenvalue weighted by Gasteiger charge is 2.39. The predicted octanol–water partition coefficient (Wildman–Crippen LogP) is 5.72. The number of carbonyl (C=O) groups is 1. The minimum Gasteiger partial charge on any atom is -0.351 e. The van der Waals surface area contributed by atoms with Crippen LogP contribution in [0.3, 0.4) is 0 Å². The van der Waals surface area contributed by atoms with E-state index in [1.54, 1.807) is 36.5 Å². The van der Waals surface area contributed by atoms with Crippen LogP contribution in [-0.2, 0) is 17.1 Å². The number of benzene rings is 1. The molecule has 0 spiro atoms. The van der Waals surface area contributed by atoms with Crippen molar-refractivity contribution < 1.29 is 14.0 Å². The number of fused-ring (bicyclic) bond motifs is 1. The molecule has 1 aromatic carbocycles. The minimum absolute atomic E-state index is 0.121. The number of rotatable bonds is 6. The van der Waals surface area contributed by atoms with Crippen molar-refractivity contribution in [3.05, 3.63) is 70.5 Å². The molecule has 4 aromatic rings. The molecule has 4 heterocycles. The maximum absolute atomic E-state index is 17.2. The van der Waals surface area contributed by atoms with Crippen LogP contribution >= 0.6 is 11.6 Å². The third-order valence-electron chi connectivity index (χ3n) is 7.94. The molecule has 10 nitrogen and oxygen atoms in total. The molecule has 2 unspecified atom stereocenters. The SMILES string of the molecule is CC1CCC(Cn2c(C(C)(F)c3ccccc3C#N)nc3nc(C4NOC(=O)N4)nc(-c4cncc(Cl)c4)c32)CC1. The number of nitriles is 1. The highest BCUT2D eigenvalue weighted by atomic mass is 35.5. The molecular formula is C29H28ClFN8O2. The van der Waals surface area contributed by atoms with Gasteiger partial charge in [0.2, 0.25) is 0 Å². The van der Waals surface area contributed by atoms with E-state index < -0.39 is 17.9 Å². The van der Waals surface area contributed by atoms with Crippen molar-refractivity contribution in [1.29, 1.82) is 5.26 Å². The van der Waals surface area contributed by atoms with Gasteiger partial charge < -0.3 is 9.40 Å². The van der Waals surface area contributed by atoms with Gasteiger partial charge in [0.1, 0.15) is 11.2 Å². The fraction of sp³-hybridized carbons (Fsp3) is 0.379. The van der Waals surface area contributed by atoms with E-state index >= 15 is 4.39 Å². The molecule has 6 rings (SSSR count). The van der Waals surface area contributed by atoms with E-state index in [-0.39, 0.29) is 28.4 Å². The van der Waals surface area contributed by atoms with Crippen molar-refractivity contribution in [2.24, 2.45) is 11.8 Å². The van der Waals surface area contributed by atoms with Gasteiger partial charge >= 0.3 is 6.09 Å². The van der Waals surface area contributed by atoms with E-state index in [0.29, 0.717) is 40.2 Å². The summed E-state index contributed by atoms with van der Waals surface area (Å²) in [7, 11) is 0. The molecule has 1 saturated carbocycles. The lowest BCUT2D eigenvalue weighted by atomic mass is 9.83. The summed E-state index contributed by atoms with van der Waals surface area (Å²) < 4.78 is 19.0. The molecule has 2 N–H and O–H groups in total. The van der Waals surface area contributed by atoms with Crippen molar-refractivity contribution in [2.45, 2.75) is 57.9 Å². The quantitative estimate of drug-likeness (QED) is 0.299. The largest absolute Gasteiger partial charge is 0.427 e. The smallest absolute Gasteiger partial charge is 0.351 e. The van der Waals surface area contributed by atoms with Crippen molar-refractivity contribution in [3.63, 3.8) is 0 Å². The minimum atomic E-state index is -2.14. The van der Waals surface area contributed by atoms with Gasteiger partial charge in [0.05, 0.1) is 16.7 Å². The summed E-state index contributed by atoms with van der Waals surface area (Å²) in [5, 5.41) is 12.8. The van der Waals surface area contributed by atoms with Crippen molar-refractivity contribution in [3.8, 4) is 17.3 Å². The van der Waals surface area contributed by atoms with Gasteiger partial charge in [0.15, 0.2) is 29.1 Å². The lowest BCUT2D eigenvalue weighted by Gasteiger charge is -2.29. The molecular weight excluding hydrogens is 547 g/mol. The molecule has 1 aliphatic carbocycles. The number of amides is 1. The van der Waals surface area contributed by atoms with Gasteiger partial charge in [0, 0.05) is 30.1 Å². The van der Waals surface area contributed by atoms with Gasteiger partial charge in [-0.15, -0.1) is 5.48 Å². The zero-order valence-corrected chi connectivity index (χ0v) is 23.3. The molecule has 3 aromatic heterocycles. The lowest BCUT2D eigenvalue weighted by Crippen LogP contribution is -2.27. The molecule has 2 atom stereocenters. The number of pyridine rings is 1. The number of carbonyl (C=O) groups excluding carboxylic acids is 1. The van der Waals surface area contributed by atoms with Crippen LogP contribution in [0.1, 0.15) is 68.5 Å². The lowest BCUT2D eigenvalue weighted by molar-refractivity contribution is 0.120. The molecule has 41 heavy (non-hydrogen) atoms. The van der Waals surface area contributed by atoms with Gasteiger partial charge in [-0.25, -0.2) is 24.1 Å². The summed E-state index contributed by atoms with van der Waals surface area (Å²) >= 11 is 6.32. The van der Waals surface area contributed by atoms with Crippen molar-refractivity contribution >= 4 is 28.9 Å². The Bertz CT molecular complexity index is 1680.